The zero-order valence-corrected chi connectivity index (χ0v) is 12.9. The van der Waals surface area contributed by atoms with E-state index in [9.17, 15) is 9.90 Å². The molecule has 0 heterocycles. The summed E-state index contributed by atoms with van der Waals surface area (Å²) in [6.07, 6.45) is 4.12. The molecule has 0 spiro atoms. The van der Waals surface area contributed by atoms with Crippen LogP contribution in [0.1, 0.15) is 41.6 Å². The first-order valence-corrected chi connectivity index (χ1v) is 7.77. The van der Waals surface area contributed by atoms with Crippen LogP contribution in [-0.2, 0) is 6.54 Å². The first-order chi connectivity index (χ1) is 9.58. The SMILES string of the molecule is O=C(O)c1ccc(CNCC2CCCCC2O)c(Br)c1. The van der Waals surface area contributed by atoms with E-state index in [1.165, 1.54) is 6.42 Å². The topological polar surface area (TPSA) is 69.6 Å². The lowest BCUT2D eigenvalue weighted by Gasteiger charge is -2.27. The van der Waals surface area contributed by atoms with Crippen LogP contribution < -0.4 is 5.32 Å². The molecule has 0 aliphatic heterocycles. The van der Waals surface area contributed by atoms with Gasteiger partial charge in [-0.2, -0.15) is 0 Å². The van der Waals surface area contributed by atoms with Crippen LogP contribution in [0.5, 0.6) is 0 Å². The number of aliphatic hydroxyl groups excluding tert-OH is 1. The van der Waals surface area contributed by atoms with Gasteiger partial charge in [-0.25, -0.2) is 4.79 Å². The summed E-state index contributed by atoms with van der Waals surface area (Å²) in [5, 5.41) is 22.2. The fourth-order valence-electron chi connectivity index (χ4n) is 2.64. The lowest BCUT2D eigenvalue weighted by atomic mass is 9.86. The molecule has 0 radical (unpaired) electrons. The number of carbonyl (C=O) groups is 1. The van der Waals surface area contributed by atoms with E-state index in [1.807, 2.05) is 6.07 Å². The Morgan fingerprint density at radius 1 is 1.35 bits per heavy atom. The van der Waals surface area contributed by atoms with Gasteiger partial charge in [0.25, 0.3) is 0 Å². The summed E-state index contributed by atoms with van der Waals surface area (Å²) in [6.45, 7) is 1.47. The molecule has 0 bridgehead atoms. The predicted octanol–water partition coefficient (Wildman–Crippen LogP) is 2.79. The molecule has 2 atom stereocenters. The molecule has 3 N–H and O–H groups in total. The standard InChI is InChI=1S/C15H20BrNO3/c16-13-7-10(15(19)20)5-6-11(13)8-17-9-12-3-1-2-4-14(12)18/h5-7,12,14,17-18H,1-4,8-9H2,(H,19,20). The summed E-state index contributed by atoms with van der Waals surface area (Å²) in [5.74, 6) is -0.587. The molecule has 1 aliphatic rings. The van der Waals surface area contributed by atoms with E-state index in [2.05, 4.69) is 21.2 Å². The third-order valence-electron chi connectivity index (χ3n) is 3.89. The van der Waals surface area contributed by atoms with E-state index in [-0.39, 0.29) is 11.7 Å². The maximum atomic E-state index is 10.9. The number of halogens is 1. The van der Waals surface area contributed by atoms with Crippen molar-refractivity contribution < 1.29 is 15.0 Å². The van der Waals surface area contributed by atoms with Crippen LogP contribution in [0.25, 0.3) is 0 Å². The molecular formula is C15H20BrNO3. The van der Waals surface area contributed by atoms with E-state index in [1.54, 1.807) is 12.1 Å². The number of hydrogen-bond acceptors (Lipinski definition) is 3. The number of aliphatic hydroxyl groups is 1. The van der Waals surface area contributed by atoms with Crippen molar-refractivity contribution in [3.05, 3.63) is 33.8 Å². The van der Waals surface area contributed by atoms with Gasteiger partial charge in [-0.05, 0) is 36.5 Å². The minimum atomic E-state index is -0.921. The van der Waals surface area contributed by atoms with Crippen LogP contribution in [-0.4, -0.2) is 28.8 Å². The maximum Gasteiger partial charge on any atom is 0.335 e. The maximum absolute atomic E-state index is 10.9. The number of benzene rings is 1. The molecule has 1 fully saturated rings. The van der Waals surface area contributed by atoms with E-state index >= 15 is 0 Å². The minimum Gasteiger partial charge on any atom is -0.478 e. The number of carboxylic acids is 1. The van der Waals surface area contributed by atoms with Crippen LogP contribution in [0.3, 0.4) is 0 Å². The van der Waals surface area contributed by atoms with Gasteiger partial charge in [0.1, 0.15) is 0 Å². The summed E-state index contributed by atoms with van der Waals surface area (Å²) in [6, 6.07) is 5.05. The Kier molecular flexibility index (Phi) is 5.57. The van der Waals surface area contributed by atoms with Crippen LogP contribution in [0.15, 0.2) is 22.7 Å². The molecule has 1 aromatic carbocycles. The third kappa shape index (κ3) is 4.04. The Hall–Kier alpha value is -0.910. The second-order valence-corrected chi connectivity index (χ2v) is 6.21. The van der Waals surface area contributed by atoms with Gasteiger partial charge >= 0.3 is 5.97 Å². The molecule has 2 unspecified atom stereocenters. The Bertz CT molecular complexity index is 478. The first kappa shape index (κ1) is 15.5. The van der Waals surface area contributed by atoms with Gasteiger partial charge in [0.15, 0.2) is 0 Å². The first-order valence-electron chi connectivity index (χ1n) is 6.98. The summed E-state index contributed by atoms with van der Waals surface area (Å²) in [5.41, 5.74) is 1.31. The van der Waals surface area contributed by atoms with Crippen molar-refractivity contribution in [2.75, 3.05) is 6.54 Å². The second-order valence-electron chi connectivity index (χ2n) is 5.35. The van der Waals surface area contributed by atoms with Gasteiger partial charge < -0.3 is 15.5 Å². The van der Waals surface area contributed by atoms with Gasteiger partial charge in [-0.3, -0.25) is 0 Å². The summed E-state index contributed by atoms with van der Waals surface area (Å²) < 4.78 is 0.800. The predicted molar refractivity (Wildman–Crippen MR) is 80.8 cm³/mol. The van der Waals surface area contributed by atoms with Crippen molar-refractivity contribution in [3.8, 4) is 0 Å². The Morgan fingerprint density at radius 2 is 2.10 bits per heavy atom. The quantitative estimate of drug-likeness (QED) is 0.770. The monoisotopic (exact) mass is 341 g/mol. The van der Waals surface area contributed by atoms with Crippen molar-refractivity contribution in [1.29, 1.82) is 0 Å². The van der Waals surface area contributed by atoms with E-state index < -0.39 is 5.97 Å². The zero-order chi connectivity index (χ0) is 14.5. The van der Waals surface area contributed by atoms with Crippen molar-refractivity contribution >= 4 is 21.9 Å². The second kappa shape index (κ2) is 7.20. The molecule has 1 saturated carbocycles. The van der Waals surface area contributed by atoms with Gasteiger partial charge in [0, 0.05) is 17.6 Å². The van der Waals surface area contributed by atoms with Crippen molar-refractivity contribution in [3.63, 3.8) is 0 Å². The smallest absolute Gasteiger partial charge is 0.335 e. The number of aromatic carboxylic acids is 1. The molecule has 0 saturated heterocycles. The average molecular weight is 342 g/mol. The largest absolute Gasteiger partial charge is 0.478 e. The lowest BCUT2D eigenvalue weighted by molar-refractivity contribution is 0.0690. The van der Waals surface area contributed by atoms with Crippen LogP contribution in [0.2, 0.25) is 0 Å². The van der Waals surface area contributed by atoms with Gasteiger partial charge in [0.05, 0.1) is 11.7 Å². The molecule has 4 nitrogen and oxygen atoms in total. The number of nitrogens with one attached hydrogen (secondary N) is 1. The fraction of sp³-hybridized carbons (Fsp3) is 0.533. The molecule has 1 aliphatic carbocycles. The highest BCUT2D eigenvalue weighted by molar-refractivity contribution is 9.10. The molecular weight excluding hydrogens is 322 g/mol. The Morgan fingerprint density at radius 3 is 2.75 bits per heavy atom. The van der Waals surface area contributed by atoms with E-state index in [0.29, 0.717) is 12.5 Å². The molecule has 20 heavy (non-hydrogen) atoms. The van der Waals surface area contributed by atoms with Gasteiger partial charge in [-0.1, -0.05) is 34.8 Å². The molecule has 5 heteroatoms. The third-order valence-corrected chi connectivity index (χ3v) is 4.63. The molecule has 0 amide bonds. The highest BCUT2D eigenvalue weighted by Gasteiger charge is 2.22. The minimum absolute atomic E-state index is 0.186. The van der Waals surface area contributed by atoms with Gasteiger partial charge in [0.2, 0.25) is 0 Å². The number of carboxylic acid groups (broad SMARTS) is 1. The van der Waals surface area contributed by atoms with Crippen LogP contribution >= 0.6 is 15.9 Å². The zero-order valence-electron chi connectivity index (χ0n) is 11.3. The normalized spacial score (nSPS) is 22.7. The summed E-state index contributed by atoms with van der Waals surface area (Å²) >= 11 is 3.40. The highest BCUT2D eigenvalue weighted by Crippen LogP contribution is 2.24. The lowest BCUT2D eigenvalue weighted by Crippen LogP contribution is -2.33. The molecule has 2 rings (SSSR count). The molecule has 1 aromatic rings. The van der Waals surface area contributed by atoms with Crippen molar-refractivity contribution in [2.24, 2.45) is 5.92 Å². The van der Waals surface area contributed by atoms with Gasteiger partial charge in [-0.15, -0.1) is 0 Å². The fourth-order valence-corrected chi connectivity index (χ4v) is 3.16. The molecule has 0 aromatic heterocycles. The van der Waals surface area contributed by atoms with Crippen molar-refractivity contribution in [2.45, 2.75) is 38.3 Å². The average Bonchev–Trinajstić information content (AvgIpc) is 2.42. The molecule has 110 valence electrons. The Balaban J connectivity index is 1.86. The number of rotatable bonds is 5. The van der Waals surface area contributed by atoms with Crippen molar-refractivity contribution in [1.82, 2.24) is 5.32 Å². The van der Waals surface area contributed by atoms with Crippen LogP contribution in [0, 0.1) is 5.92 Å². The van der Waals surface area contributed by atoms with Crippen LogP contribution in [0.4, 0.5) is 0 Å². The van der Waals surface area contributed by atoms with E-state index in [0.717, 1.165) is 35.8 Å². The summed E-state index contributed by atoms with van der Waals surface area (Å²) in [4.78, 5) is 10.9. The summed E-state index contributed by atoms with van der Waals surface area (Å²) in [7, 11) is 0. The van der Waals surface area contributed by atoms with E-state index in [4.69, 9.17) is 5.11 Å². The number of hydrogen-bond donors (Lipinski definition) is 3. The Labute approximate surface area is 127 Å². The highest BCUT2D eigenvalue weighted by atomic mass is 79.9.